The van der Waals surface area contributed by atoms with Gasteiger partial charge in [0.1, 0.15) is 0 Å². The van der Waals surface area contributed by atoms with Crippen LogP contribution >= 0.6 is 11.6 Å². The highest BCUT2D eigenvalue weighted by molar-refractivity contribution is 6.31. The molecule has 0 unspecified atom stereocenters. The van der Waals surface area contributed by atoms with Crippen molar-refractivity contribution < 1.29 is 0 Å². The minimum absolute atomic E-state index is 0.886. The number of halogens is 1. The molecular weight excluding hydrogens is 208 g/mol. The highest BCUT2D eigenvalue weighted by atomic mass is 35.5. The maximum Gasteiger partial charge on any atom is 0.0439 e. The molecule has 0 bridgehead atoms. The average molecular weight is 225 g/mol. The summed E-state index contributed by atoms with van der Waals surface area (Å²) in [5.74, 6) is 0. The number of nitrogens with zero attached hydrogens (tertiary/aromatic N) is 1. The van der Waals surface area contributed by atoms with Crippen molar-refractivity contribution in [3.63, 3.8) is 0 Å². The number of nitrogens with one attached hydrogen (secondary N) is 1. The van der Waals surface area contributed by atoms with E-state index in [-0.39, 0.29) is 0 Å². The van der Waals surface area contributed by atoms with Gasteiger partial charge in [-0.05, 0) is 30.2 Å². The maximum atomic E-state index is 6.10. The van der Waals surface area contributed by atoms with E-state index in [1.807, 2.05) is 6.07 Å². The minimum Gasteiger partial charge on any atom is -0.369 e. The van der Waals surface area contributed by atoms with Crippen LogP contribution in [0.1, 0.15) is 12.5 Å². The van der Waals surface area contributed by atoms with Gasteiger partial charge in [0, 0.05) is 36.9 Å². The van der Waals surface area contributed by atoms with Gasteiger partial charge in [0.05, 0.1) is 0 Å². The van der Waals surface area contributed by atoms with Crippen LogP contribution in [-0.4, -0.2) is 26.2 Å². The van der Waals surface area contributed by atoms with Crippen molar-refractivity contribution in [1.29, 1.82) is 0 Å². The summed E-state index contributed by atoms with van der Waals surface area (Å²) in [5.41, 5.74) is 2.55. The Labute approximate surface area is 96.2 Å². The molecule has 1 fully saturated rings. The normalized spacial score (nSPS) is 16.8. The smallest absolute Gasteiger partial charge is 0.0439 e. The molecule has 82 valence electrons. The van der Waals surface area contributed by atoms with E-state index in [1.54, 1.807) is 0 Å². The molecule has 0 saturated carbocycles. The standard InChI is InChI=1S/C12H17ClN2/c1-2-10-9-11(3-4-12(10)13)15-7-5-14-6-8-15/h3-4,9,14H,2,5-8H2,1H3. The summed E-state index contributed by atoms with van der Waals surface area (Å²) in [4.78, 5) is 2.41. The number of piperazine rings is 1. The van der Waals surface area contributed by atoms with Crippen molar-refractivity contribution in [1.82, 2.24) is 5.32 Å². The van der Waals surface area contributed by atoms with Gasteiger partial charge in [0.15, 0.2) is 0 Å². The minimum atomic E-state index is 0.886. The van der Waals surface area contributed by atoms with Gasteiger partial charge >= 0.3 is 0 Å². The van der Waals surface area contributed by atoms with Crippen LogP contribution < -0.4 is 10.2 Å². The zero-order valence-electron chi connectivity index (χ0n) is 9.09. The van der Waals surface area contributed by atoms with Crippen LogP contribution in [0.3, 0.4) is 0 Å². The zero-order chi connectivity index (χ0) is 10.7. The first-order valence-corrected chi connectivity index (χ1v) is 5.93. The Hall–Kier alpha value is -0.730. The molecule has 15 heavy (non-hydrogen) atoms. The van der Waals surface area contributed by atoms with Crippen molar-refractivity contribution in [2.75, 3.05) is 31.1 Å². The number of rotatable bonds is 2. The Morgan fingerprint density at radius 3 is 2.73 bits per heavy atom. The largest absolute Gasteiger partial charge is 0.369 e. The van der Waals surface area contributed by atoms with E-state index in [4.69, 9.17) is 11.6 Å². The van der Waals surface area contributed by atoms with Gasteiger partial charge in [-0.25, -0.2) is 0 Å². The fourth-order valence-electron chi connectivity index (χ4n) is 1.95. The lowest BCUT2D eigenvalue weighted by Gasteiger charge is -2.29. The van der Waals surface area contributed by atoms with E-state index in [9.17, 15) is 0 Å². The molecule has 2 nitrogen and oxygen atoms in total. The molecule has 1 aliphatic heterocycles. The van der Waals surface area contributed by atoms with Gasteiger partial charge in [-0.2, -0.15) is 0 Å². The lowest BCUT2D eigenvalue weighted by molar-refractivity contribution is 0.589. The van der Waals surface area contributed by atoms with Crippen molar-refractivity contribution in [3.05, 3.63) is 28.8 Å². The van der Waals surface area contributed by atoms with Crippen molar-refractivity contribution in [3.8, 4) is 0 Å². The summed E-state index contributed by atoms with van der Waals surface area (Å²) in [7, 11) is 0. The van der Waals surface area contributed by atoms with E-state index >= 15 is 0 Å². The van der Waals surface area contributed by atoms with Crippen molar-refractivity contribution >= 4 is 17.3 Å². The molecule has 2 rings (SSSR count). The highest BCUT2D eigenvalue weighted by Crippen LogP contribution is 2.23. The van der Waals surface area contributed by atoms with Gasteiger partial charge < -0.3 is 10.2 Å². The molecule has 0 amide bonds. The van der Waals surface area contributed by atoms with Gasteiger partial charge in [-0.15, -0.1) is 0 Å². The van der Waals surface area contributed by atoms with E-state index < -0.39 is 0 Å². The third-order valence-electron chi connectivity index (χ3n) is 2.89. The van der Waals surface area contributed by atoms with E-state index in [0.717, 1.165) is 37.6 Å². The monoisotopic (exact) mass is 224 g/mol. The van der Waals surface area contributed by atoms with Gasteiger partial charge in [0.2, 0.25) is 0 Å². The molecule has 3 heteroatoms. The molecule has 0 radical (unpaired) electrons. The quantitative estimate of drug-likeness (QED) is 0.830. The molecule has 0 aliphatic carbocycles. The molecule has 1 heterocycles. The predicted molar refractivity (Wildman–Crippen MR) is 65.9 cm³/mol. The van der Waals surface area contributed by atoms with Crippen LogP contribution in [0.4, 0.5) is 5.69 Å². The van der Waals surface area contributed by atoms with E-state index in [1.165, 1.54) is 11.3 Å². The molecule has 1 aromatic carbocycles. The second-order valence-electron chi connectivity index (χ2n) is 3.87. The third kappa shape index (κ3) is 2.44. The predicted octanol–water partition coefficient (Wildman–Crippen LogP) is 2.31. The fraction of sp³-hybridized carbons (Fsp3) is 0.500. The van der Waals surface area contributed by atoms with E-state index in [0.29, 0.717) is 0 Å². The van der Waals surface area contributed by atoms with Crippen LogP contribution in [0, 0.1) is 0 Å². The Kier molecular flexibility index (Phi) is 3.49. The first-order valence-electron chi connectivity index (χ1n) is 5.55. The van der Waals surface area contributed by atoms with Crippen LogP contribution in [0.15, 0.2) is 18.2 Å². The summed E-state index contributed by atoms with van der Waals surface area (Å²) in [6.45, 7) is 6.46. The Morgan fingerprint density at radius 2 is 2.07 bits per heavy atom. The highest BCUT2D eigenvalue weighted by Gasteiger charge is 2.11. The fourth-order valence-corrected chi connectivity index (χ4v) is 2.20. The Morgan fingerprint density at radius 1 is 1.33 bits per heavy atom. The molecule has 0 atom stereocenters. The molecule has 1 aliphatic rings. The number of hydrogen-bond donors (Lipinski definition) is 1. The van der Waals surface area contributed by atoms with Gasteiger partial charge in [0.25, 0.3) is 0 Å². The summed E-state index contributed by atoms with van der Waals surface area (Å²) >= 11 is 6.10. The first kappa shape index (κ1) is 10.8. The lowest BCUT2D eigenvalue weighted by atomic mass is 10.1. The summed E-state index contributed by atoms with van der Waals surface area (Å²) in [6.07, 6.45) is 0.999. The molecule has 1 N–H and O–H groups in total. The zero-order valence-corrected chi connectivity index (χ0v) is 9.85. The summed E-state index contributed by atoms with van der Waals surface area (Å²) in [6, 6.07) is 6.35. The number of anilines is 1. The van der Waals surface area contributed by atoms with Gasteiger partial charge in [-0.1, -0.05) is 18.5 Å². The molecule has 0 aromatic heterocycles. The maximum absolute atomic E-state index is 6.10. The molecule has 1 aromatic rings. The third-order valence-corrected chi connectivity index (χ3v) is 3.26. The van der Waals surface area contributed by atoms with Crippen molar-refractivity contribution in [2.24, 2.45) is 0 Å². The first-order chi connectivity index (χ1) is 7.31. The van der Waals surface area contributed by atoms with Gasteiger partial charge in [-0.3, -0.25) is 0 Å². The topological polar surface area (TPSA) is 15.3 Å². The Bertz CT molecular complexity index is 332. The lowest BCUT2D eigenvalue weighted by Crippen LogP contribution is -2.43. The second kappa shape index (κ2) is 4.86. The SMILES string of the molecule is CCc1cc(N2CCNCC2)ccc1Cl. The number of aryl methyl sites for hydroxylation is 1. The number of hydrogen-bond acceptors (Lipinski definition) is 2. The molecular formula is C12H17ClN2. The molecule has 0 spiro atoms. The second-order valence-corrected chi connectivity index (χ2v) is 4.27. The number of benzene rings is 1. The average Bonchev–Trinajstić information content (AvgIpc) is 2.31. The van der Waals surface area contributed by atoms with Crippen LogP contribution in [-0.2, 0) is 6.42 Å². The van der Waals surface area contributed by atoms with Crippen LogP contribution in [0.2, 0.25) is 5.02 Å². The summed E-state index contributed by atoms with van der Waals surface area (Å²) < 4.78 is 0. The van der Waals surface area contributed by atoms with E-state index in [2.05, 4.69) is 29.3 Å². The van der Waals surface area contributed by atoms with Crippen molar-refractivity contribution in [2.45, 2.75) is 13.3 Å². The van der Waals surface area contributed by atoms with Crippen LogP contribution in [0.5, 0.6) is 0 Å². The summed E-state index contributed by atoms with van der Waals surface area (Å²) in [5, 5.41) is 4.24. The Balaban J connectivity index is 2.20. The van der Waals surface area contributed by atoms with Crippen LogP contribution in [0.25, 0.3) is 0 Å². The molecule has 1 saturated heterocycles.